The standard InChI is InChI=1S/C26H29N3O3/c1-18-8-3-4-10-20(18)16-29-24(30)23-14-19-9-5-6-12-22(19)28(23)17-26(29,2)25(31)27-15-21-11-7-13-32-21/h3-6,8-10,12,14,21H,7,11,13,15-17H2,1-2H3,(H,27,31). The second kappa shape index (κ2) is 8.10. The van der Waals surface area contributed by atoms with Crippen LogP contribution in [0.5, 0.6) is 0 Å². The maximum Gasteiger partial charge on any atom is 0.271 e. The summed E-state index contributed by atoms with van der Waals surface area (Å²) in [5.74, 6) is -0.260. The Kier molecular flexibility index (Phi) is 5.25. The Labute approximate surface area is 188 Å². The summed E-state index contributed by atoms with van der Waals surface area (Å²) in [5, 5.41) is 4.10. The molecular weight excluding hydrogens is 402 g/mol. The molecule has 0 saturated carbocycles. The predicted octanol–water partition coefficient (Wildman–Crippen LogP) is 3.66. The van der Waals surface area contributed by atoms with Crippen LogP contribution >= 0.6 is 0 Å². The normalized spacial score (nSPS) is 22.9. The molecule has 0 spiro atoms. The third-order valence-corrected chi connectivity index (χ3v) is 6.93. The first-order valence-corrected chi connectivity index (χ1v) is 11.3. The van der Waals surface area contributed by atoms with E-state index in [1.807, 2.05) is 73.0 Å². The van der Waals surface area contributed by atoms with E-state index in [4.69, 9.17) is 4.74 Å². The molecule has 2 aliphatic heterocycles. The van der Waals surface area contributed by atoms with Crippen LogP contribution in [-0.4, -0.2) is 46.1 Å². The van der Waals surface area contributed by atoms with Crippen molar-refractivity contribution in [3.05, 3.63) is 71.4 Å². The fourth-order valence-corrected chi connectivity index (χ4v) is 4.91. The number of carbonyl (C=O) groups excluding carboxylic acids is 2. The fraction of sp³-hybridized carbons (Fsp3) is 0.385. The number of hydrogen-bond donors (Lipinski definition) is 1. The summed E-state index contributed by atoms with van der Waals surface area (Å²) in [7, 11) is 0. The van der Waals surface area contributed by atoms with Gasteiger partial charge in [0.15, 0.2) is 0 Å². The molecule has 1 saturated heterocycles. The molecule has 0 radical (unpaired) electrons. The molecule has 1 fully saturated rings. The predicted molar refractivity (Wildman–Crippen MR) is 123 cm³/mol. The Bertz CT molecular complexity index is 1180. The van der Waals surface area contributed by atoms with Crippen molar-refractivity contribution in [2.24, 2.45) is 0 Å². The average molecular weight is 432 g/mol. The van der Waals surface area contributed by atoms with Gasteiger partial charge in [-0.05, 0) is 49.9 Å². The van der Waals surface area contributed by atoms with Crippen LogP contribution in [0.2, 0.25) is 0 Å². The van der Waals surface area contributed by atoms with Gasteiger partial charge in [0.05, 0.1) is 12.6 Å². The number of nitrogens with zero attached hydrogens (tertiary/aromatic N) is 2. The lowest BCUT2D eigenvalue weighted by atomic mass is 9.93. The molecule has 2 amide bonds. The smallest absolute Gasteiger partial charge is 0.271 e. The molecule has 2 atom stereocenters. The number of carbonyl (C=O) groups is 2. The molecule has 32 heavy (non-hydrogen) atoms. The quantitative estimate of drug-likeness (QED) is 0.671. The molecule has 2 aromatic carbocycles. The highest BCUT2D eigenvalue weighted by atomic mass is 16.5. The van der Waals surface area contributed by atoms with Gasteiger partial charge in [-0.3, -0.25) is 9.59 Å². The summed E-state index contributed by atoms with van der Waals surface area (Å²) in [6.45, 7) is 5.93. The van der Waals surface area contributed by atoms with Crippen molar-refractivity contribution in [2.45, 2.75) is 51.4 Å². The van der Waals surface area contributed by atoms with E-state index in [0.29, 0.717) is 25.3 Å². The highest BCUT2D eigenvalue weighted by molar-refractivity contribution is 6.03. The largest absolute Gasteiger partial charge is 0.376 e. The number of benzene rings is 2. The number of aryl methyl sites for hydroxylation is 1. The van der Waals surface area contributed by atoms with Crippen molar-refractivity contribution in [3.8, 4) is 0 Å². The number of para-hydroxylation sites is 1. The molecule has 1 N–H and O–H groups in total. The molecule has 166 valence electrons. The summed E-state index contributed by atoms with van der Waals surface area (Å²) < 4.78 is 7.68. The molecule has 2 aliphatic rings. The zero-order chi connectivity index (χ0) is 22.3. The van der Waals surface area contributed by atoms with Crippen molar-refractivity contribution in [2.75, 3.05) is 13.2 Å². The Morgan fingerprint density at radius 3 is 2.75 bits per heavy atom. The van der Waals surface area contributed by atoms with Gasteiger partial charge in [0.1, 0.15) is 11.2 Å². The molecule has 3 heterocycles. The number of aromatic nitrogens is 1. The van der Waals surface area contributed by atoms with Gasteiger partial charge in [-0.1, -0.05) is 42.5 Å². The summed E-state index contributed by atoms with van der Waals surface area (Å²) in [5.41, 5.74) is 2.73. The van der Waals surface area contributed by atoms with E-state index in [1.54, 1.807) is 4.90 Å². The van der Waals surface area contributed by atoms with Gasteiger partial charge in [0, 0.05) is 30.6 Å². The van der Waals surface area contributed by atoms with Gasteiger partial charge >= 0.3 is 0 Å². The summed E-state index contributed by atoms with van der Waals surface area (Å²) in [4.78, 5) is 29.1. The number of rotatable bonds is 5. The minimum Gasteiger partial charge on any atom is -0.376 e. The van der Waals surface area contributed by atoms with Crippen LogP contribution in [-0.2, 0) is 22.6 Å². The topological polar surface area (TPSA) is 63.6 Å². The molecule has 0 bridgehead atoms. The first-order valence-electron chi connectivity index (χ1n) is 11.3. The van der Waals surface area contributed by atoms with Crippen LogP contribution in [0.3, 0.4) is 0 Å². The lowest BCUT2D eigenvalue weighted by Gasteiger charge is -2.44. The Balaban J connectivity index is 1.53. The number of amides is 2. The van der Waals surface area contributed by atoms with E-state index in [9.17, 15) is 9.59 Å². The Morgan fingerprint density at radius 1 is 1.19 bits per heavy atom. The molecule has 5 rings (SSSR count). The number of nitrogens with one attached hydrogen (secondary N) is 1. The monoisotopic (exact) mass is 431 g/mol. The van der Waals surface area contributed by atoms with Gasteiger partial charge in [0.2, 0.25) is 5.91 Å². The summed E-state index contributed by atoms with van der Waals surface area (Å²) in [6.07, 6.45) is 2.03. The molecular formula is C26H29N3O3. The van der Waals surface area contributed by atoms with Gasteiger partial charge in [-0.15, -0.1) is 0 Å². The first-order chi connectivity index (χ1) is 15.5. The molecule has 2 unspecified atom stereocenters. The van der Waals surface area contributed by atoms with E-state index in [-0.39, 0.29) is 17.9 Å². The average Bonchev–Trinajstić information content (AvgIpc) is 3.44. The van der Waals surface area contributed by atoms with E-state index < -0.39 is 5.54 Å². The maximum atomic E-state index is 13.8. The van der Waals surface area contributed by atoms with Crippen molar-refractivity contribution in [1.29, 1.82) is 0 Å². The van der Waals surface area contributed by atoms with Gasteiger partial charge in [-0.25, -0.2) is 0 Å². The van der Waals surface area contributed by atoms with Crippen LogP contribution in [0, 0.1) is 6.92 Å². The molecule has 1 aromatic heterocycles. The number of ether oxygens (including phenoxy) is 1. The van der Waals surface area contributed by atoms with Crippen LogP contribution in [0.4, 0.5) is 0 Å². The first kappa shape index (κ1) is 20.8. The molecule has 6 heteroatoms. The number of fused-ring (bicyclic) bond motifs is 3. The van der Waals surface area contributed by atoms with E-state index in [0.717, 1.165) is 41.5 Å². The van der Waals surface area contributed by atoms with E-state index in [1.165, 1.54) is 0 Å². The molecule has 6 nitrogen and oxygen atoms in total. The SMILES string of the molecule is Cc1ccccc1CN1C(=O)c2cc3ccccc3n2CC1(C)C(=O)NCC1CCCO1. The van der Waals surface area contributed by atoms with Gasteiger partial charge in [-0.2, -0.15) is 0 Å². The van der Waals surface area contributed by atoms with Gasteiger partial charge < -0.3 is 19.5 Å². The van der Waals surface area contributed by atoms with Crippen molar-refractivity contribution < 1.29 is 14.3 Å². The Morgan fingerprint density at radius 2 is 1.97 bits per heavy atom. The minimum absolute atomic E-state index is 0.0506. The van der Waals surface area contributed by atoms with Crippen LogP contribution < -0.4 is 5.32 Å². The molecule has 3 aromatic rings. The lowest BCUT2D eigenvalue weighted by molar-refractivity contribution is -0.133. The summed E-state index contributed by atoms with van der Waals surface area (Å²) >= 11 is 0. The lowest BCUT2D eigenvalue weighted by Crippen LogP contribution is -2.64. The van der Waals surface area contributed by atoms with Crippen molar-refractivity contribution in [3.63, 3.8) is 0 Å². The van der Waals surface area contributed by atoms with Crippen molar-refractivity contribution in [1.82, 2.24) is 14.8 Å². The second-order valence-corrected chi connectivity index (χ2v) is 9.11. The highest BCUT2D eigenvalue weighted by Gasteiger charge is 2.47. The third-order valence-electron chi connectivity index (χ3n) is 6.93. The third kappa shape index (κ3) is 3.48. The van der Waals surface area contributed by atoms with Crippen LogP contribution in [0.1, 0.15) is 41.4 Å². The van der Waals surface area contributed by atoms with E-state index in [2.05, 4.69) is 5.32 Å². The van der Waals surface area contributed by atoms with Crippen molar-refractivity contribution >= 4 is 22.7 Å². The molecule has 0 aliphatic carbocycles. The van der Waals surface area contributed by atoms with Crippen LogP contribution in [0.25, 0.3) is 10.9 Å². The summed E-state index contributed by atoms with van der Waals surface area (Å²) in [6, 6.07) is 17.9. The maximum absolute atomic E-state index is 13.8. The Hall–Kier alpha value is -3.12. The van der Waals surface area contributed by atoms with E-state index >= 15 is 0 Å². The van der Waals surface area contributed by atoms with Gasteiger partial charge in [0.25, 0.3) is 5.91 Å². The van der Waals surface area contributed by atoms with Crippen LogP contribution in [0.15, 0.2) is 54.6 Å². The number of hydrogen-bond acceptors (Lipinski definition) is 3. The fourth-order valence-electron chi connectivity index (χ4n) is 4.91. The highest BCUT2D eigenvalue weighted by Crippen LogP contribution is 2.34. The second-order valence-electron chi connectivity index (χ2n) is 9.11. The minimum atomic E-state index is -1.02. The zero-order valence-corrected chi connectivity index (χ0v) is 18.6. The zero-order valence-electron chi connectivity index (χ0n) is 18.6.